The highest BCUT2D eigenvalue weighted by Crippen LogP contribution is 2.44. The Kier molecular flexibility index (Phi) is 4.94. The Morgan fingerprint density at radius 3 is 2.50 bits per heavy atom. The van der Waals surface area contributed by atoms with Crippen molar-refractivity contribution < 1.29 is 23.1 Å². The van der Waals surface area contributed by atoms with Gasteiger partial charge in [-0.1, -0.05) is 6.07 Å². The van der Waals surface area contributed by atoms with Gasteiger partial charge in [0.1, 0.15) is 40.2 Å². The first kappa shape index (κ1) is 21.4. The fraction of sp³-hybridized carbons (Fsp3) is 0.185. The van der Waals surface area contributed by atoms with Crippen LogP contribution in [0.3, 0.4) is 0 Å². The van der Waals surface area contributed by atoms with E-state index in [-0.39, 0.29) is 23.0 Å². The Bertz CT molecular complexity index is 1550. The monoisotopic (exact) mass is 454 g/mol. The molecule has 7 nitrogen and oxygen atoms in total. The molecule has 0 aliphatic carbocycles. The number of nitrogens with zero attached hydrogens (tertiary/aromatic N) is 1. The summed E-state index contributed by atoms with van der Waals surface area (Å²) >= 11 is 0. The highest BCUT2D eigenvalue weighted by molar-refractivity contribution is 5.97. The van der Waals surface area contributed by atoms with Gasteiger partial charge in [0.25, 0.3) is 0 Å². The Balaban J connectivity index is 1.49. The molecule has 1 atom stereocenters. The lowest BCUT2D eigenvalue weighted by atomic mass is 9.87. The summed E-state index contributed by atoms with van der Waals surface area (Å²) in [4.78, 5) is 12.9. The molecule has 5 rings (SSSR count). The average Bonchev–Trinajstić information content (AvgIpc) is 3.36. The molecule has 34 heavy (non-hydrogen) atoms. The fourth-order valence-electron chi connectivity index (χ4n) is 4.22. The van der Waals surface area contributed by atoms with Gasteiger partial charge in [0.2, 0.25) is 11.6 Å². The minimum atomic E-state index is -0.612. The largest absolute Gasteiger partial charge is 0.465 e. The standard InChI is InChI=1S/C27H22N2O5/c1-13-9-19-16(4)25(33-22(19)10-14(13)2)27(30)32-17-6-7-18-23(11-17)34-26(29)20(12-28)24(18)21-8-5-15(3)31-21/h5-11,24H,29H2,1-4H3. The molecule has 0 saturated heterocycles. The van der Waals surface area contributed by atoms with Crippen LogP contribution in [0.5, 0.6) is 11.5 Å². The van der Waals surface area contributed by atoms with Crippen molar-refractivity contribution in [2.24, 2.45) is 5.73 Å². The van der Waals surface area contributed by atoms with Gasteiger partial charge in [-0.25, -0.2) is 4.79 Å². The molecule has 0 amide bonds. The lowest BCUT2D eigenvalue weighted by Gasteiger charge is -2.25. The van der Waals surface area contributed by atoms with Crippen molar-refractivity contribution in [1.82, 2.24) is 0 Å². The van der Waals surface area contributed by atoms with Gasteiger partial charge in [-0.15, -0.1) is 0 Å². The first-order valence-electron chi connectivity index (χ1n) is 10.8. The van der Waals surface area contributed by atoms with Crippen LogP contribution in [0.4, 0.5) is 0 Å². The fourth-order valence-corrected chi connectivity index (χ4v) is 4.22. The lowest BCUT2D eigenvalue weighted by Crippen LogP contribution is -2.21. The van der Waals surface area contributed by atoms with Crippen molar-refractivity contribution in [2.75, 3.05) is 0 Å². The Hall–Kier alpha value is -4.44. The highest BCUT2D eigenvalue weighted by atomic mass is 16.5. The van der Waals surface area contributed by atoms with E-state index in [1.54, 1.807) is 24.3 Å². The second-order valence-corrected chi connectivity index (χ2v) is 8.45. The zero-order valence-electron chi connectivity index (χ0n) is 19.2. The molecule has 0 bridgehead atoms. The van der Waals surface area contributed by atoms with Gasteiger partial charge in [-0.3, -0.25) is 0 Å². The summed E-state index contributed by atoms with van der Waals surface area (Å²) < 4.78 is 22.9. The van der Waals surface area contributed by atoms with Gasteiger partial charge in [0.15, 0.2) is 0 Å². The first-order valence-corrected chi connectivity index (χ1v) is 10.8. The maximum absolute atomic E-state index is 12.9. The van der Waals surface area contributed by atoms with Crippen molar-refractivity contribution >= 4 is 16.9 Å². The van der Waals surface area contributed by atoms with E-state index in [1.165, 1.54) is 0 Å². The second kappa shape index (κ2) is 7.85. The van der Waals surface area contributed by atoms with E-state index in [0.717, 1.165) is 27.8 Å². The number of esters is 1. The summed E-state index contributed by atoms with van der Waals surface area (Å²) in [5.74, 6) is 0.943. The molecule has 2 N–H and O–H groups in total. The highest BCUT2D eigenvalue weighted by Gasteiger charge is 2.33. The molecule has 3 heterocycles. The third-order valence-electron chi connectivity index (χ3n) is 6.18. The van der Waals surface area contributed by atoms with Crippen molar-refractivity contribution in [2.45, 2.75) is 33.6 Å². The normalized spacial score (nSPS) is 15.1. The summed E-state index contributed by atoms with van der Waals surface area (Å²) in [6.45, 7) is 7.67. The van der Waals surface area contributed by atoms with Gasteiger partial charge in [-0.05, 0) is 69.2 Å². The minimum Gasteiger partial charge on any atom is -0.465 e. The summed E-state index contributed by atoms with van der Waals surface area (Å²) in [5, 5.41) is 10.5. The molecule has 2 aromatic carbocycles. The number of ether oxygens (including phenoxy) is 2. The second-order valence-electron chi connectivity index (χ2n) is 8.45. The van der Waals surface area contributed by atoms with Crippen LogP contribution in [0, 0.1) is 39.0 Å². The number of fused-ring (bicyclic) bond motifs is 2. The van der Waals surface area contributed by atoms with Gasteiger partial charge < -0.3 is 24.0 Å². The molecule has 1 aliphatic heterocycles. The molecule has 0 spiro atoms. The van der Waals surface area contributed by atoms with Crippen LogP contribution in [0.2, 0.25) is 0 Å². The van der Waals surface area contributed by atoms with E-state index in [2.05, 4.69) is 6.07 Å². The minimum absolute atomic E-state index is 0.0172. The third-order valence-corrected chi connectivity index (χ3v) is 6.18. The number of allylic oxidation sites excluding steroid dienone is 1. The predicted octanol–water partition coefficient (Wildman–Crippen LogP) is 5.70. The number of rotatable bonds is 3. The van der Waals surface area contributed by atoms with Crippen molar-refractivity contribution in [3.63, 3.8) is 0 Å². The topological polar surface area (TPSA) is 112 Å². The third kappa shape index (κ3) is 3.41. The number of carbonyl (C=O) groups is 1. The molecule has 4 aromatic rings. The molecule has 1 aliphatic rings. The molecule has 170 valence electrons. The number of benzene rings is 2. The van der Waals surface area contributed by atoms with Crippen molar-refractivity contribution in [3.05, 3.63) is 93.5 Å². The van der Waals surface area contributed by atoms with Gasteiger partial charge in [0.05, 0.1) is 5.92 Å². The van der Waals surface area contributed by atoms with E-state index in [4.69, 9.17) is 24.0 Å². The summed E-state index contributed by atoms with van der Waals surface area (Å²) in [7, 11) is 0. The van der Waals surface area contributed by atoms with E-state index < -0.39 is 11.9 Å². The number of aryl methyl sites for hydroxylation is 4. The van der Waals surface area contributed by atoms with Crippen LogP contribution in [-0.2, 0) is 0 Å². The lowest BCUT2D eigenvalue weighted by molar-refractivity contribution is 0.0702. The molecule has 0 radical (unpaired) electrons. The average molecular weight is 454 g/mol. The summed E-state index contributed by atoms with van der Waals surface area (Å²) in [6.07, 6.45) is 0. The van der Waals surface area contributed by atoms with Crippen LogP contribution in [0.25, 0.3) is 11.0 Å². The van der Waals surface area contributed by atoms with Crippen LogP contribution in [0.15, 0.2) is 62.8 Å². The Morgan fingerprint density at radius 2 is 1.79 bits per heavy atom. The number of nitriles is 1. The Labute approximate surface area is 196 Å². The molecule has 7 heteroatoms. The zero-order chi connectivity index (χ0) is 24.1. The van der Waals surface area contributed by atoms with Gasteiger partial charge in [-0.2, -0.15) is 5.26 Å². The zero-order valence-corrected chi connectivity index (χ0v) is 19.2. The SMILES string of the molecule is Cc1ccc(C2C(C#N)=C(N)Oc3cc(OC(=O)c4oc5cc(C)c(C)cc5c4C)ccc32)o1. The summed E-state index contributed by atoms with van der Waals surface area (Å²) in [5.41, 5.74) is 10.5. The summed E-state index contributed by atoms with van der Waals surface area (Å²) in [6, 6.07) is 14.6. The van der Waals surface area contributed by atoms with Crippen LogP contribution < -0.4 is 15.2 Å². The van der Waals surface area contributed by atoms with Crippen LogP contribution >= 0.6 is 0 Å². The molecule has 2 aromatic heterocycles. The Morgan fingerprint density at radius 1 is 1.03 bits per heavy atom. The van der Waals surface area contributed by atoms with Gasteiger partial charge >= 0.3 is 5.97 Å². The number of hydrogen-bond acceptors (Lipinski definition) is 7. The molecular formula is C27H22N2O5. The number of furan rings is 2. The first-order chi connectivity index (χ1) is 16.3. The van der Waals surface area contributed by atoms with Crippen molar-refractivity contribution in [3.8, 4) is 17.6 Å². The van der Waals surface area contributed by atoms with Crippen molar-refractivity contribution in [1.29, 1.82) is 5.26 Å². The van der Waals surface area contributed by atoms with E-state index in [9.17, 15) is 10.1 Å². The number of carbonyl (C=O) groups excluding carboxylic acids is 1. The quantitative estimate of drug-likeness (QED) is 0.312. The van der Waals surface area contributed by atoms with E-state index >= 15 is 0 Å². The van der Waals surface area contributed by atoms with E-state index in [1.807, 2.05) is 45.9 Å². The number of nitrogens with two attached hydrogens (primary N) is 1. The smallest absolute Gasteiger partial charge is 0.379 e. The predicted molar refractivity (Wildman–Crippen MR) is 125 cm³/mol. The molecule has 1 unspecified atom stereocenters. The van der Waals surface area contributed by atoms with Crippen LogP contribution in [0.1, 0.15) is 50.2 Å². The maximum atomic E-state index is 12.9. The molecule has 0 fully saturated rings. The molecular weight excluding hydrogens is 432 g/mol. The van der Waals surface area contributed by atoms with Crippen LogP contribution in [-0.4, -0.2) is 5.97 Å². The molecule has 0 saturated carbocycles. The van der Waals surface area contributed by atoms with Gasteiger partial charge in [0, 0.05) is 22.6 Å². The number of hydrogen-bond donors (Lipinski definition) is 1. The maximum Gasteiger partial charge on any atom is 0.379 e. The van der Waals surface area contributed by atoms with E-state index in [0.29, 0.717) is 22.7 Å².